The van der Waals surface area contributed by atoms with Crippen molar-refractivity contribution < 1.29 is 9.53 Å². The van der Waals surface area contributed by atoms with E-state index in [-0.39, 0.29) is 5.92 Å². The van der Waals surface area contributed by atoms with E-state index in [1.54, 1.807) is 0 Å². The van der Waals surface area contributed by atoms with Gasteiger partial charge in [-0.1, -0.05) is 19.1 Å². The average Bonchev–Trinajstić information content (AvgIpc) is 3.03. The number of aromatic nitrogens is 3. The maximum absolute atomic E-state index is 11.9. The molecule has 24 heavy (non-hydrogen) atoms. The molecule has 0 amide bonds. The van der Waals surface area contributed by atoms with E-state index in [0.717, 1.165) is 42.9 Å². The zero-order valence-corrected chi connectivity index (χ0v) is 15.5. The molecule has 3 atom stereocenters. The molecule has 134 valence electrons. The largest absolute Gasteiger partial charge is 0.378 e. The monoisotopic (exact) mass is 333 g/mol. The lowest BCUT2D eigenvalue weighted by atomic mass is 10.0. The van der Waals surface area contributed by atoms with Crippen LogP contribution in [0, 0.1) is 23.7 Å². The van der Waals surface area contributed by atoms with Crippen LogP contribution in [0.3, 0.4) is 0 Å². The molecule has 0 radical (unpaired) electrons. The van der Waals surface area contributed by atoms with Crippen molar-refractivity contribution in [3.63, 3.8) is 0 Å². The minimum Gasteiger partial charge on any atom is -0.378 e. The molecule has 0 spiro atoms. The van der Waals surface area contributed by atoms with Gasteiger partial charge in [0.05, 0.1) is 24.1 Å². The van der Waals surface area contributed by atoms with Crippen LogP contribution in [-0.2, 0) is 28.9 Å². The van der Waals surface area contributed by atoms with Gasteiger partial charge in [0.15, 0.2) is 0 Å². The van der Waals surface area contributed by atoms with Gasteiger partial charge in [0.1, 0.15) is 5.78 Å². The molecule has 0 N–H and O–H groups in total. The molecule has 1 heterocycles. The number of nitrogens with zero attached hydrogens (tertiary/aromatic N) is 3. The maximum Gasteiger partial charge on any atom is 0.137 e. The first-order valence-corrected chi connectivity index (χ1v) is 9.53. The summed E-state index contributed by atoms with van der Waals surface area (Å²) in [7, 11) is 0. The van der Waals surface area contributed by atoms with Crippen molar-refractivity contribution in [2.75, 3.05) is 6.61 Å². The van der Waals surface area contributed by atoms with E-state index in [0.29, 0.717) is 24.9 Å². The molecule has 1 fully saturated rings. The molecule has 1 aromatic rings. The highest BCUT2D eigenvalue weighted by molar-refractivity contribution is 5.80. The number of aryl methyl sites for hydroxylation is 2. The van der Waals surface area contributed by atoms with E-state index >= 15 is 0 Å². The molecule has 1 saturated carbocycles. The highest BCUT2D eigenvalue weighted by Crippen LogP contribution is 2.53. The van der Waals surface area contributed by atoms with Crippen molar-refractivity contribution >= 4 is 5.78 Å². The van der Waals surface area contributed by atoms with Crippen LogP contribution in [0.1, 0.15) is 58.3 Å². The zero-order chi connectivity index (χ0) is 17.3. The molecule has 3 rings (SSSR count). The Morgan fingerprint density at radius 2 is 1.92 bits per heavy atom. The van der Waals surface area contributed by atoms with Crippen LogP contribution in [0.5, 0.6) is 0 Å². The van der Waals surface area contributed by atoms with Crippen LogP contribution in [0.15, 0.2) is 0 Å². The Hall–Kier alpha value is -1.23. The summed E-state index contributed by atoms with van der Waals surface area (Å²) in [6.45, 7) is 9.72. The van der Waals surface area contributed by atoms with Gasteiger partial charge in [-0.15, -0.1) is 5.10 Å². The van der Waals surface area contributed by atoms with Crippen LogP contribution >= 0.6 is 0 Å². The summed E-state index contributed by atoms with van der Waals surface area (Å²) >= 11 is 0. The number of ketones is 1. The lowest BCUT2D eigenvalue weighted by Gasteiger charge is -2.11. The molecule has 0 bridgehead atoms. The highest BCUT2D eigenvalue weighted by Gasteiger charge is 2.49. The number of Topliss-reactive ketones (excluding diaryl/α,β-unsaturated/α-hetero) is 1. The molecule has 2 aliphatic rings. The predicted molar refractivity (Wildman–Crippen MR) is 92.7 cm³/mol. The van der Waals surface area contributed by atoms with E-state index in [2.05, 4.69) is 24.2 Å². The van der Waals surface area contributed by atoms with Crippen molar-refractivity contribution in [2.24, 2.45) is 23.7 Å². The first-order chi connectivity index (χ1) is 11.5. The average molecular weight is 333 g/mol. The summed E-state index contributed by atoms with van der Waals surface area (Å²) in [6.07, 6.45) is 5.35. The van der Waals surface area contributed by atoms with E-state index in [1.807, 2.05) is 18.5 Å². The van der Waals surface area contributed by atoms with Gasteiger partial charge in [0, 0.05) is 18.9 Å². The fourth-order valence-electron chi connectivity index (χ4n) is 4.06. The molecule has 0 aliphatic heterocycles. The number of fused-ring (bicyclic) bond motifs is 2. The topological polar surface area (TPSA) is 57.0 Å². The lowest BCUT2D eigenvalue weighted by Crippen LogP contribution is -2.14. The number of carbonyl (C=O) groups is 1. The maximum atomic E-state index is 11.9. The molecule has 1 aromatic heterocycles. The number of ether oxygens (including phenoxy) is 1. The number of rotatable bonds is 7. The van der Waals surface area contributed by atoms with Gasteiger partial charge in [-0.25, -0.2) is 4.68 Å². The zero-order valence-electron chi connectivity index (χ0n) is 15.5. The lowest BCUT2D eigenvalue weighted by molar-refractivity contribution is -0.122. The third-order valence-corrected chi connectivity index (χ3v) is 5.69. The summed E-state index contributed by atoms with van der Waals surface area (Å²) in [5.41, 5.74) is 2.42. The van der Waals surface area contributed by atoms with Crippen molar-refractivity contribution in [1.82, 2.24) is 15.0 Å². The van der Waals surface area contributed by atoms with Crippen molar-refractivity contribution in [1.29, 1.82) is 0 Å². The quantitative estimate of drug-likeness (QED) is 0.769. The Morgan fingerprint density at radius 1 is 1.21 bits per heavy atom. The minimum atomic E-state index is 0.101. The first-order valence-electron chi connectivity index (χ1n) is 9.53. The second-order valence-electron chi connectivity index (χ2n) is 8.03. The summed E-state index contributed by atoms with van der Waals surface area (Å²) < 4.78 is 7.82. The molecule has 2 aliphatic carbocycles. The SMILES string of the molecule is CC(C)OC[C@H]1[C@@H]2CCc3nnn(CCC(=O)C(C)C)c3CC[C@@H]21. The summed E-state index contributed by atoms with van der Waals surface area (Å²) in [6, 6.07) is 0. The van der Waals surface area contributed by atoms with Crippen molar-refractivity contribution in [2.45, 2.75) is 72.4 Å². The molecule has 0 saturated heterocycles. The predicted octanol–water partition coefficient (Wildman–Crippen LogP) is 3.06. The molecule has 5 heteroatoms. The van der Waals surface area contributed by atoms with Gasteiger partial charge in [0.2, 0.25) is 0 Å². The number of carbonyl (C=O) groups excluding carboxylic acids is 1. The van der Waals surface area contributed by atoms with E-state index in [9.17, 15) is 4.79 Å². The van der Waals surface area contributed by atoms with Crippen LogP contribution in [-0.4, -0.2) is 33.5 Å². The van der Waals surface area contributed by atoms with Gasteiger partial charge in [-0.05, 0) is 57.3 Å². The highest BCUT2D eigenvalue weighted by atomic mass is 16.5. The molecular formula is C19H31N3O2. The van der Waals surface area contributed by atoms with E-state index in [4.69, 9.17) is 4.74 Å². The standard InChI is InChI=1S/C19H31N3O2/c1-12(2)19(23)9-10-22-18-8-6-15-14(5-7-17(18)20-21-22)16(15)11-24-13(3)4/h12-16H,5-11H2,1-4H3/t14-,15+,16+/m1/s1. The second kappa shape index (κ2) is 7.34. The first kappa shape index (κ1) is 17.6. The molecule has 5 nitrogen and oxygen atoms in total. The molecular weight excluding hydrogens is 302 g/mol. The fourth-order valence-corrected chi connectivity index (χ4v) is 4.06. The van der Waals surface area contributed by atoms with Gasteiger partial charge < -0.3 is 4.74 Å². The summed E-state index contributed by atoms with van der Waals surface area (Å²) in [4.78, 5) is 11.9. The summed E-state index contributed by atoms with van der Waals surface area (Å²) in [5.74, 6) is 2.75. The van der Waals surface area contributed by atoms with Crippen molar-refractivity contribution in [3.05, 3.63) is 11.4 Å². The van der Waals surface area contributed by atoms with E-state index < -0.39 is 0 Å². The second-order valence-corrected chi connectivity index (χ2v) is 8.03. The molecule has 0 unspecified atom stereocenters. The van der Waals surface area contributed by atoms with Gasteiger partial charge in [0.25, 0.3) is 0 Å². The van der Waals surface area contributed by atoms with Crippen LogP contribution in [0.2, 0.25) is 0 Å². The summed E-state index contributed by atoms with van der Waals surface area (Å²) in [5, 5.41) is 8.72. The Kier molecular flexibility index (Phi) is 5.38. The minimum absolute atomic E-state index is 0.101. The Bertz CT molecular complexity index is 579. The van der Waals surface area contributed by atoms with Crippen molar-refractivity contribution in [3.8, 4) is 0 Å². The fraction of sp³-hybridized carbons (Fsp3) is 0.842. The molecule has 0 aromatic carbocycles. The smallest absolute Gasteiger partial charge is 0.137 e. The third-order valence-electron chi connectivity index (χ3n) is 5.69. The van der Waals surface area contributed by atoms with Gasteiger partial charge in [-0.2, -0.15) is 0 Å². The van der Waals surface area contributed by atoms with Gasteiger partial charge in [-0.3, -0.25) is 4.79 Å². The van der Waals surface area contributed by atoms with Crippen LogP contribution < -0.4 is 0 Å². The number of hydrogen-bond acceptors (Lipinski definition) is 4. The van der Waals surface area contributed by atoms with E-state index in [1.165, 1.54) is 18.5 Å². The Morgan fingerprint density at radius 3 is 2.58 bits per heavy atom. The number of hydrogen-bond donors (Lipinski definition) is 0. The van der Waals surface area contributed by atoms with Crippen LogP contribution in [0.4, 0.5) is 0 Å². The van der Waals surface area contributed by atoms with Gasteiger partial charge >= 0.3 is 0 Å². The normalized spacial score (nSPS) is 26.0. The Balaban J connectivity index is 1.58. The third kappa shape index (κ3) is 3.88. The van der Waals surface area contributed by atoms with Crippen LogP contribution in [0.25, 0.3) is 0 Å². The Labute approximate surface area is 145 Å².